The van der Waals surface area contributed by atoms with Gasteiger partial charge in [0.2, 0.25) is 0 Å². The number of aromatic nitrogens is 1. The van der Waals surface area contributed by atoms with Gasteiger partial charge in [0.15, 0.2) is 5.78 Å². The lowest BCUT2D eigenvalue weighted by Gasteiger charge is -2.06. The predicted octanol–water partition coefficient (Wildman–Crippen LogP) is 5.19. The molecule has 0 saturated carbocycles. The molecule has 0 aliphatic heterocycles. The van der Waals surface area contributed by atoms with Gasteiger partial charge in [0.05, 0.1) is 10.2 Å². The number of thiazole rings is 1. The molecule has 0 amide bonds. The minimum absolute atomic E-state index is 0.0282. The van der Waals surface area contributed by atoms with Crippen LogP contribution in [0.15, 0.2) is 78.9 Å². The van der Waals surface area contributed by atoms with E-state index in [1.807, 2.05) is 72.8 Å². The molecule has 3 heteroatoms. The van der Waals surface area contributed by atoms with Crippen LogP contribution in [0.2, 0.25) is 0 Å². The van der Waals surface area contributed by atoms with Crippen LogP contribution < -0.4 is 0 Å². The molecule has 1 aromatic heterocycles. The van der Waals surface area contributed by atoms with Crippen molar-refractivity contribution in [2.24, 2.45) is 0 Å². The molecule has 110 valence electrons. The number of para-hydroxylation sites is 1. The Hall–Kier alpha value is -2.78. The largest absolute Gasteiger partial charge is 0.289 e. The van der Waals surface area contributed by atoms with E-state index in [4.69, 9.17) is 0 Å². The Labute approximate surface area is 138 Å². The first-order chi connectivity index (χ1) is 11.3. The molecule has 4 rings (SSSR count). The summed E-state index contributed by atoms with van der Waals surface area (Å²) in [5, 5.41) is 0.881. The van der Waals surface area contributed by atoms with Crippen LogP contribution in [0.4, 0.5) is 0 Å². The molecule has 0 N–H and O–H groups in total. The summed E-state index contributed by atoms with van der Waals surface area (Å²) in [4.78, 5) is 17.5. The number of benzene rings is 3. The maximum Gasteiger partial charge on any atom is 0.193 e. The maximum absolute atomic E-state index is 12.8. The minimum Gasteiger partial charge on any atom is -0.289 e. The number of nitrogens with zero attached hydrogens (tertiary/aromatic N) is 1. The molecule has 0 fully saturated rings. The van der Waals surface area contributed by atoms with Gasteiger partial charge in [-0.2, -0.15) is 0 Å². The van der Waals surface area contributed by atoms with E-state index in [0.29, 0.717) is 11.1 Å². The van der Waals surface area contributed by atoms with E-state index in [1.165, 1.54) is 0 Å². The van der Waals surface area contributed by atoms with Crippen LogP contribution in [0.1, 0.15) is 15.9 Å². The molecular formula is C20H13NOS. The summed E-state index contributed by atoms with van der Waals surface area (Å²) < 4.78 is 1.13. The highest BCUT2D eigenvalue weighted by Crippen LogP contribution is 2.32. The SMILES string of the molecule is O=C(c1ccccc1)c1ccccc1-c1nc2ccccc2s1. The molecule has 23 heavy (non-hydrogen) atoms. The highest BCUT2D eigenvalue weighted by atomic mass is 32.1. The molecule has 1 heterocycles. The molecule has 0 bridgehead atoms. The molecule has 4 aromatic rings. The van der Waals surface area contributed by atoms with Crippen molar-refractivity contribution < 1.29 is 4.79 Å². The molecule has 0 unspecified atom stereocenters. The Bertz CT molecular complexity index is 956. The van der Waals surface area contributed by atoms with Crippen molar-refractivity contribution in [1.29, 1.82) is 0 Å². The fourth-order valence-corrected chi connectivity index (χ4v) is 3.61. The van der Waals surface area contributed by atoms with Crippen LogP contribution in [0, 0.1) is 0 Å². The smallest absolute Gasteiger partial charge is 0.193 e. The van der Waals surface area contributed by atoms with Gasteiger partial charge in [-0.1, -0.05) is 66.7 Å². The van der Waals surface area contributed by atoms with Crippen LogP contribution in [-0.4, -0.2) is 10.8 Å². The van der Waals surface area contributed by atoms with Gasteiger partial charge >= 0.3 is 0 Å². The van der Waals surface area contributed by atoms with Gasteiger partial charge in [0.25, 0.3) is 0 Å². The molecule has 0 aliphatic rings. The molecule has 3 aromatic carbocycles. The van der Waals surface area contributed by atoms with Gasteiger partial charge in [-0.15, -0.1) is 11.3 Å². The van der Waals surface area contributed by atoms with E-state index in [2.05, 4.69) is 11.1 Å². The topological polar surface area (TPSA) is 30.0 Å². The molecule has 0 aliphatic carbocycles. The number of fused-ring (bicyclic) bond motifs is 1. The van der Waals surface area contributed by atoms with Gasteiger partial charge in [0.1, 0.15) is 5.01 Å². The summed E-state index contributed by atoms with van der Waals surface area (Å²) in [5.74, 6) is 0.0282. The van der Waals surface area contributed by atoms with Crippen LogP contribution >= 0.6 is 11.3 Å². The summed E-state index contributed by atoms with van der Waals surface area (Å²) in [6.45, 7) is 0. The Balaban J connectivity index is 1.85. The third-order valence-electron chi connectivity index (χ3n) is 3.73. The second kappa shape index (κ2) is 5.78. The number of carbonyl (C=O) groups excluding carboxylic acids is 1. The van der Waals surface area contributed by atoms with Gasteiger partial charge in [-0.3, -0.25) is 4.79 Å². The van der Waals surface area contributed by atoms with Gasteiger partial charge < -0.3 is 0 Å². The van der Waals surface area contributed by atoms with Crippen LogP contribution in [-0.2, 0) is 0 Å². The second-order valence-electron chi connectivity index (χ2n) is 5.23. The van der Waals surface area contributed by atoms with Crippen LogP contribution in [0.3, 0.4) is 0 Å². The van der Waals surface area contributed by atoms with Crippen molar-refractivity contribution in [2.45, 2.75) is 0 Å². The first kappa shape index (κ1) is 13.9. The third kappa shape index (κ3) is 2.56. The Morgan fingerprint density at radius 1 is 0.783 bits per heavy atom. The van der Waals surface area contributed by atoms with Crippen molar-refractivity contribution in [3.8, 4) is 10.6 Å². The number of hydrogen-bond acceptors (Lipinski definition) is 3. The minimum atomic E-state index is 0.0282. The number of ketones is 1. The number of rotatable bonds is 3. The lowest BCUT2D eigenvalue weighted by Crippen LogP contribution is -2.03. The Kier molecular flexibility index (Phi) is 3.48. The van der Waals surface area contributed by atoms with E-state index in [9.17, 15) is 4.79 Å². The fraction of sp³-hybridized carbons (Fsp3) is 0. The molecule has 0 saturated heterocycles. The van der Waals surface area contributed by atoms with Crippen molar-refractivity contribution in [3.05, 3.63) is 90.0 Å². The van der Waals surface area contributed by atoms with Crippen LogP contribution in [0.5, 0.6) is 0 Å². The molecule has 0 atom stereocenters. The zero-order valence-corrected chi connectivity index (χ0v) is 13.1. The Morgan fingerprint density at radius 2 is 1.48 bits per heavy atom. The summed E-state index contributed by atoms with van der Waals surface area (Å²) in [6, 6.07) is 25.1. The highest BCUT2D eigenvalue weighted by molar-refractivity contribution is 7.21. The van der Waals surface area contributed by atoms with Crippen LogP contribution in [0.25, 0.3) is 20.8 Å². The third-order valence-corrected chi connectivity index (χ3v) is 4.80. The quantitative estimate of drug-likeness (QED) is 0.487. The van der Waals surface area contributed by atoms with Crippen molar-refractivity contribution in [3.63, 3.8) is 0 Å². The average Bonchev–Trinajstić information content (AvgIpc) is 3.06. The number of hydrogen-bond donors (Lipinski definition) is 0. The summed E-state index contributed by atoms with van der Waals surface area (Å²) in [6.07, 6.45) is 0. The first-order valence-electron chi connectivity index (χ1n) is 7.37. The lowest BCUT2D eigenvalue weighted by atomic mass is 9.99. The maximum atomic E-state index is 12.8. The van der Waals surface area contributed by atoms with E-state index >= 15 is 0 Å². The molecule has 0 radical (unpaired) electrons. The van der Waals surface area contributed by atoms with Crippen molar-refractivity contribution in [2.75, 3.05) is 0 Å². The summed E-state index contributed by atoms with van der Waals surface area (Å²) in [7, 11) is 0. The summed E-state index contributed by atoms with van der Waals surface area (Å²) >= 11 is 1.61. The number of carbonyl (C=O) groups is 1. The zero-order valence-electron chi connectivity index (χ0n) is 12.3. The van der Waals surface area contributed by atoms with E-state index < -0.39 is 0 Å². The standard InChI is InChI=1S/C20H13NOS/c22-19(14-8-2-1-3-9-14)15-10-4-5-11-16(15)20-21-17-12-6-7-13-18(17)23-20/h1-13H. The second-order valence-corrected chi connectivity index (χ2v) is 6.26. The van der Waals surface area contributed by atoms with Crippen molar-refractivity contribution >= 4 is 27.3 Å². The van der Waals surface area contributed by atoms with E-state index in [0.717, 1.165) is 20.8 Å². The molecule has 2 nitrogen and oxygen atoms in total. The van der Waals surface area contributed by atoms with E-state index in [1.54, 1.807) is 11.3 Å². The summed E-state index contributed by atoms with van der Waals surface area (Å²) in [5.41, 5.74) is 3.25. The Morgan fingerprint density at radius 3 is 2.30 bits per heavy atom. The lowest BCUT2D eigenvalue weighted by molar-refractivity contribution is 0.103. The normalized spacial score (nSPS) is 10.8. The fourth-order valence-electron chi connectivity index (χ4n) is 2.60. The van der Waals surface area contributed by atoms with Gasteiger partial charge in [-0.25, -0.2) is 4.98 Å². The average molecular weight is 315 g/mol. The predicted molar refractivity (Wildman–Crippen MR) is 94.9 cm³/mol. The van der Waals surface area contributed by atoms with Gasteiger partial charge in [0, 0.05) is 16.7 Å². The van der Waals surface area contributed by atoms with Gasteiger partial charge in [-0.05, 0) is 12.1 Å². The van der Waals surface area contributed by atoms with Crippen molar-refractivity contribution in [1.82, 2.24) is 4.98 Å². The zero-order chi connectivity index (χ0) is 15.6. The monoisotopic (exact) mass is 315 g/mol. The highest BCUT2D eigenvalue weighted by Gasteiger charge is 2.16. The van der Waals surface area contributed by atoms with E-state index in [-0.39, 0.29) is 5.78 Å². The first-order valence-corrected chi connectivity index (χ1v) is 8.19. The molecular weight excluding hydrogens is 302 g/mol. The molecule has 0 spiro atoms.